The van der Waals surface area contributed by atoms with E-state index in [0.29, 0.717) is 5.56 Å². The molecule has 0 heterocycles. The maximum atomic E-state index is 12.3. The molecule has 0 spiro atoms. The molecular formula is C11H11BF3O2-. The number of halogens is 3. The van der Waals surface area contributed by atoms with E-state index in [1.807, 2.05) is 0 Å². The van der Waals surface area contributed by atoms with Crippen molar-refractivity contribution in [1.29, 1.82) is 0 Å². The van der Waals surface area contributed by atoms with Gasteiger partial charge < -0.3 is 17.7 Å². The Hall–Kier alpha value is -1.72. The smallest absolute Gasteiger partial charge is 0.466 e. The van der Waals surface area contributed by atoms with Gasteiger partial charge in [0.15, 0.2) is 0 Å². The molecule has 0 aliphatic heterocycles. The number of methoxy groups -OCH3 is 1. The van der Waals surface area contributed by atoms with Gasteiger partial charge >= 0.3 is 12.9 Å². The monoisotopic (exact) mass is 243 g/mol. The van der Waals surface area contributed by atoms with Crippen LogP contribution in [0.4, 0.5) is 12.9 Å². The second-order valence-corrected chi connectivity index (χ2v) is 3.49. The molecule has 1 aromatic carbocycles. The summed E-state index contributed by atoms with van der Waals surface area (Å²) >= 11 is 0. The normalized spacial score (nSPS) is 12.4. The second kappa shape index (κ2) is 5.56. The van der Waals surface area contributed by atoms with E-state index in [0.717, 1.165) is 7.11 Å². The average Bonchev–Trinajstić information content (AvgIpc) is 2.27. The highest BCUT2D eigenvalue weighted by Crippen LogP contribution is 2.23. The number of carbonyl (C=O) groups excluding carboxylic acids is 1. The molecule has 1 aromatic rings. The highest BCUT2D eigenvalue weighted by molar-refractivity contribution is 6.60. The Morgan fingerprint density at radius 1 is 1.29 bits per heavy atom. The van der Waals surface area contributed by atoms with Crippen LogP contribution in [0, 0.1) is 0 Å². The summed E-state index contributed by atoms with van der Waals surface area (Å²) in [4.78, 5) is 11.2. The van der Waals surface area contributed by atoms with Crippen molar-refractivity contribution in [2.75, 3.05) is 7.11 Å². The first-order chi connectivity index (χ1) is 7.92. The summed E-state index contributed by atoms with van der Waals surface area (Å²) in [7, 11) is 1.06. The minimum Gasteiger partial charge on any atom is -0.466 e. The number of hydrogen-bond donors (Lipinski definition) is 0. The van der Waals surface area contributed by atoms with Crippen molar-refractivity contribution in [3.63, 3.8) is 0 Å². The lowest BCUT2D eigenvalue weighted by Gasteiger charge is -2.15. The minimum atomic E-state index is -5.06. The van der Waals surface area contributed by atoms with Gasteiger partial charge in [-0.1, -0.05) is 36.7 Å². The van der Waals surface area contributed by atoms with Crippen LogP contribution in [0.1, 0.15) is 5.56 Å². The Balaban J connectivity index is 2.99. The zero-order valence-corrected chi connectivity index (χ0v) is 9.20. The molecule has 6 heteroatoms. The first kappa shape index (κ1) is 13.4. The lowest BCUT2D eigenvalue weighted by molar-refractivity contribution is -0.136. The highest BCUT2D eigenvalue weighted by Gasteiger charge is 2.27. The van der Waals surface area contributed by atoms with E-state index >= 15 is 0 Å². The molecule has 17 heavy (non-hydrogen) atoms. The molecule has 0 bridgehead atoms. The third kappa shape index (κ3) is 4.76. The van der Waals surface area contributed by atoms with Crippen molar-refractivity contribution in [1.82, 2.24) is 0 Å². The Bertz CT molecular complexity index is 412. The Labute approximate surface area is 97.1 Å². The zero-order valence-electron chi connectivity index (χ0n) is 9.20. The minimum absolute atomic E-state index is 0.383. The molecule has 0 aliphatic carbocycles. The summed E-state index contributed by atoms with van der Waals surface area (Å²) in [5, 5.41) is 0. The standard InChI is InChI=1S/C11H11BF3O2/c1-17-11(16)10(8-12(13,14)15)7-9-5-3-2-4-6-9/h2-7H,8H2,1H3/q-1/b10-7-. The molecule has 0 aliphatic rings. The van der Waals surface area contributed by atoms with Gasteiger partial charge in [0.1, 0.15) is 0 Å². The number of ether oxygens (including phenoxy) is 1. The van der Waals surface area contributed by atoms with Crippen LogP contribution in [0.5, 0.6) is 0 Å². The molecule has 1 rings (SSSR count). The Morgan fingerprint density at radius 3 is 2.35 bits per heavy atom. The van der Waals surface area contributed by atoms with E-state index in [1.54, 1.807) is 30.3 Å². The molecule has 0 N–H and O–H groups in total. The van der Waals surface area contributed by atoms with Gasteiger partial charge in [-0.25, -0.2) is 4.79 Å². The van der Waals surface area contributed by atoms with Crippen molar-refractivity contribution in [2.45, 2.75) is 6.32 Å². The maximum Gasteiger partial charge on any atom is 0.482 e. The average molecular weight is 243 g/mol. The Morgan fingerprint density at radius 2 is 1.88 bits per heavy atom. The van der Waals surface area contributed by atoms with Crippen LogP contribution in [0.15, 0.2) is 35.9 Å². The van der Waals surface area contributed by atoms with Gasteiger partial charge in [-0.3, -0.25) is 0 Å². The second-order valence-electron chi connectivity index (χ2n) is 3.49. The fourth-order valence-electron chi connectivity index (χ4n) is 1.33. The van der Waals surface area contributed by atoms with E-state index in [4.69, 9.17) is 0 Å². The number of carbonyl (C=O) groups is 1. The SMILES string of the molecule is COC(=O)/C(=C\c1ccccc1)C[B-](F)(F)F. The van der Waals surface area contributed by atoms with Crippen LogP contribution >= 0.6 is 0 Å². The van der Waals surface area contributed by atoms with E-state index < -0.39 is 19.3 Å². The van der Waals surface area contributed by atoms with Crippen LogP contribution in [0.2, 0.25) is 6.32 Å². The molecule has 0 fully saturated rings. The van der Waals surface area contributed by atoms with Crippen LogP contribution in [0.25, 0.3) is 6.08 Å². The summed E-state index contributed by atoms with van der Waals surface area (Å²) < 4.78 is 41.3. The molecule has 0 saturated carbocycles. The van der Waals surface area contributed by atoms with Crippen molar-refractivity contribution in [3.8, 4) is 0 Å². The summed E-state index contributed by atoms with van der Waals surface area (Å²) in [6, 6.07) is 8.33. The van der Waals surface area contributed by atoms with Crippen molar-refractivity contribution >= 4 is 19.0 Å². The number of esters is 1. The largest absolute Gasteiger partial charge is 0.482 e. The number of hydrogen-bond acceptors (Lipinski definition) is 2. The van der Waals surface area contributed by atoms with E-state index in [-0.39, 0.29) is 5.57 Å². The number of rotatable bonds is 4. The van der Waals surface area contributed by atoms with Gasteiger partial charge in [-0.05, 0) is 11.6 Å². The van der Waals surface area contributed by atoms with E-state index in [9.17, 15) is 17.7 Å². The van der Waals surface area contributed by atoms with Gasteiger partial charge in [0.2, 0.25) is 0 Å². The zero-order chi connectivity index (χ0) is 12.9. The van der Waals surface area contributed by atoms with Gasteiger partial charge in [-0.2, -0.15) is 0 Å². The topological polar surface area (TPSA) is 26.3 Å². The molecule has 2 nitrogen and oxygen atoms in total. The van der Waals surface area contributed by atoms with Gasteiger partial charge in [0.25, 0.3) is 0 Å². The molecule has 92 valence electrons. The van der Waals surface area contributed by atoms with Crippen molar-refractivity contribution in [2.24, 2.45) is 0 Å². The maximum absolute atomic E-state index is 12.3. The quantitative estimate of drug-likeness (QED) is 0.461. The predicted octanol–water partition coefficient (Wildman–Crippen LogP) is 3.09. The van der Waals surface area contributed by atoms with Gasteiger partial charge in [0, 0.05) is 5.57 Å². The van der Waals surface area contributed by atoms with Gasteiger partial charge in [-0.15, -0.1) is 0 Å². The molecule has 0 unspecified atom stereocenters. The lowest BCUT2D eigenvalue weighted by Crippen LogP contribution is -2.19. The summed E-state index contributed by atoms with van der Waals surface area (Å²) in [5.74, 6) is -0.951. The molecule has 0 aromatic heterocycles. The summed E-state index contributed by atoms with van der Waals surface area (Å²) in [5.41, 5.74) is 0.152. The van der Waals surface area contributed by atoms with Crippen LogP contribution in [-0.2, 0) is 9.53 Å². The molecular weight excluding hydrogens is 232 g/mol. The van der Waals surface area contributed by atoms with Crippen molar-refractivity contribution in [3.05, 3.63) is 41.5 Å². The van der Waals surface area contributed by atoms with E-state index in [1.165, 1.54) is 6.08 Å². The highest BCUT2D eigenvalue weighted by atomic mass is 19.4. The van der Waals surface area contributed by atoms with Crippen LogP contribution in [0.3, 0.4) is 0 Å². The Kier molecular flexibility index (Phi) is 4.37. The summed E-state index contributed by atoms with van der Waals surface area (Å²) in [6.45, 7) is -5.06. The lowest BCUT2D eigenvalue weighted by atomic mass is 9.81. The molecule has 0 amide bonds. The van der Waals surface area contributed by atoms with Crippen LogP contribution in [-0.4, -0.2) is 20.1 Å². The van der Waals surface area contributed by atoms with Gasteiger partial charge in [0.05, 0.1) is 7.11 Å². The van der Waals surface area contributed by atoms with Crippen LogP contribution < -0.4 is 0 Å². The third-order valence-electron chi connectivity index (χ3n) is 2.04. The first-order valence-corrected chi connectivity index (χ1v) is 4.97. The molecule has 0 saturated heterocycles. The van der Waals surface area contributed by atoms with E-state index in [2.05, 4.69) is 4.74 Å². The van der Waals surface area contributed by atoms with Crippen molar-refractivity contribution < 1.29 is 22.5 Å². The fraction of sp³-hybridized carbons (Fsp3) is 0.182. The predicted molar refractivity (Wildman–Crippen MR) is 60.3 cm³/mol. The molecule has 0 atom stereocenters. The molecule has 0 radical (unpaired) electrons. The number of benzene rings is 1. The first-order valence-electron chi connectivity index (χ1n) is 4.97. The third-order valence-corrected chi connectivity index (χ3v) is 2.04. The fourth-order valence-corrected chi connectivity index (χ4v) is 1.33. The summed E-state index contributed by atoms with van der Waals surface area (Å²) in [6.07, 6.45) is -0.0390.